The Hall–Kier alpha value is -2.76. The van der Waals surface area contributed by atoms with Crippen molar-refractivity contribution in [2.45, 2.75) is 18.9 Å². The van der Waals surface area contributed by atoms with Crippen molar-refractivity contribution in [2.75, 3.05) is 26.1 Å². The summed E-state index contributed by atoms with van der Waals surface area (Å²) in [6.07, 6.45) is 3.54. The highest BCUT2D eigenvalue weighted by Gasteiger charge is 2.30. The molecule has 1 aliphatic heterocycles. The van der Waals surface area contributed by atoms with Crippen LogP contribution in [0.2, 0.25) is 0 Å². The van der Waals surface area contributed by atoms with Crippen molar-refractivity contribution in [3.05, 3.63) is 48.2 Å². The molecule has 24 heavy (non-hydrogen) atoms. The van der Waals surface area contributed by atoms with Gasteiger partial charge in [0.15, 0.2) is 0 Å². The van der Waals surface area contributed by atoms with Crippen LogP contribution in [0.4, 0.5) is 10.5 Å². The van der Waals surface area contributed by atoms with Crippen LogP contribution in [0.25, 0.3) is 0 Å². The second-order valence-corrected chi connectivity index (χ2v) is 5.62. The first kappa shape index (κ1) is 16.1. The monoisotopic (exact) mass is 327 g/mol. The Balaban J connectivity index is 1.78. The van der Waals surface area contributed by atoms with Crippen LogP contribution in [0, 0.1) is 0 Å². The lowest BCUT2D eigenvalue weighted by Crippen LogP contribution is -2.34. The first-order valence-electron chi connectivity index (χ1n) is 7.93. The highest BCUT2D eigenvalue weighted by molar-refractivity contribution is 5.91. The summed E-state index contributed by atoms with van der Waals surface area (Å²) < 4.78 is 10.5. The maximum absolute atomic E-state index is 12.7. The molecule has 1 N–H and O–H groups in total. The fraction of sp³-hybridized carbons (Fsp3) is 0.333. The molecule has 3 rings (SSSR count). The summed E-state index contributed by atoms with van der Waals surface area (Å²) in [4.78, 5) is 18.7. The molecule has 1 aromatic carbocycles. The fourth-order valence-corrected chi connectivity index (χ4v) is 3.04. The molecule has 0 aliphatic carbocycles. The van der Waals surface area contributed by atoms with E-state index in [-0.39, 0.29) is 12.1 Å². The van der Waals surface area contributed by atoms with Crippen molar-refractivity contribution in [3.8, 4) is 11.6 Å². The number of nitrogens with zero attached hydrogens (tertiary/aromatic N) is 2. The molecular weight excluding hydrogens is 306 g/mol. The van der Waals surface area contributed by atoms with Crippen LogP contribution in [0.15, 0.2) is 42.6 Å². The molecule has 1 atom stereocenters. The van der Waals surface area contributed by atoms with E-state index in [4.69, 9.17) is 9.47 Å². The number of amides is 2. The number of hydrogen-bond donors (Lipinski definition) is 1. The molecule has 6 nitrogen and oxygen atoms in total. The van der Waals surface area contributed by atoms with E-state index in [1.165, 1.54) is 7.11 Å². The number of aromatic nitrogens is 1. The number of urea groups is 1. The minimum absolute atomic E-state index is 0.0442. The molecule has 2 aromatic rings. The summed E-state index contributed by atoms with van der Waals surface area (Å²) in [7, 11) is 3.18. The first-order valence-corrected chi connectivity index (χ1v) is 7.93. The van der Waals surface area contributed by atoms with Gasteiger partial charge in [-0.25, -0.2) is 9.78 Å². The molecule has 2 heterocycles. The van der Waals surface area contributed by atoms with Gasteiger partial charge in [0, 0.05) is 12.7 Å². The number of likely N-dealkylation sites (tertiary alicyclic amines) is 1. The summed E-state index contributed by atoms with van der Waals surface area (Å²) in [6.45, 7) is 0.719. The number of methoxy groups -OCH3 is 2. The SMILES string of the molecule is COc1cccc([C@H]2CCCN2C(=O)Nc2cccnc2OC)c1. The number of carbonyl (C=O) groups excluding carboxylic acids is 1. The molecule has 2 amide bonds. The normalized spacial score (nSPS) is 16.8. The van der Waals surface area contributed by atoms with Gasteiger partial charge >= 0.3 is 6.03 Å². The number of pyridine rings is 1. The van der Waals surface area contributed by atoms with Crippen LogP contribution in [-0.4, -0.2) is 36.7 Å². The number of carbonyl (C=O) groups is 1. The van der Waals surface area contributed by atoms with Crippen molar-refractivity contribution in [1.29, 1.82) is 0 Å². The van der Waals surface area contributed by atoms with E-state index in [9.17, 15) is 4.79 Å². The highest BCUT2D eigenvalue weighted by atomic mass is 16.5. The highest BCUT2D eigenvalue weighted by Crippen LogP contribution is 2.34. The van der Waals surface area contributed by atoms with Crippen molar-refractivity contribution in [3.63, 3.8) is 0 Å². The van der Waals surface area contributed by atoms with Gasteiger partial charge in [-0.05, 0) is 42.7 Å². The number of nitrogens with one attached hydrogen (secondary N) is 1. The third kappa shape index (κ3) is 3.27. The average Bonchev–Trinajstić information content (AvgIpc) is 3.12. The Bertz CT molecular complexity index is 720. The van der Waals surface area contributed by atoms with Crippen LogP contribution in [0.5, 0.6) is 11.6 Å². The van der Waals surface area contributed by atoms with Gasteiger partial charge in [-0.2, -0.15) is 0 Å². The first-order chi connectivity index (χ1) is 11.7. The van der Waals surface area contributed by atoms with Gasteiger partial charge in [0.1, 0.15) is 11.4 Å². The van der Waals surface area contributed by atoms with Gasteiger partial charge < -0.3 is 19.7 Å². The molecule has 1 saturated heterocycles. The second kappa shape index (κ2) is 7.21. The van der Waals surface area contributed by atoms with E-state index < -0.39 is 0 Å². The zero-order valence-corrected chi connectivity index (χ0v) is 13.9. The molecule has 0 bridgehead atoms. The second-order valence-electron chi connectivity index (χ2n) is 5.62. The van der Waals surface area contributed by atoms with E-state index in [1.54, 1.807) is 25.4 Å². The Kier molecular flexibility index (Phi) is 4.84. The van der Waals surface area contributed by atoms with Gasteiger partial charge in [-0.15, -0.1) is 0 Å². The van der Waals surface area contributed by atoms with Crippen LogP contribution >= 0.6 is 0 Å². The quantitative estimate of drug-likeness (QED) is 0.934. The van der Waals surface area contributed by atoms with Gasteiger partial charge in [0.2, 0.25) is 5.88 Å². The van der Waals surface area contributed by atoms with E-state index in [2.05, 4.69) is 10.3 Å². The maximum atomic E-state index is 12.7. The summed E-state index contributed by atoms with van der Waals surface area (Å²) in [6, 6.07) is 11.3. The van der Waals surface area contributed by atoms with Gasteiger partial charge in [-0.1, -0.05) is 12.1 Å². The lowest BCUT2D eigenvalue weighted by atomic mass is 10.0. The minimum Gasteiger partial charge on any atom is -0.497 e. The van der Waals surface area contributed by atoms with E-state index in [1.807, 2.05) is 29.2 Å². The molecule has 6 heteroatoms. The van der Waals surface area contributed by atoms with Crippen molar-refractivity contribution < 1.29 is 14.3 Å². The third-order valence-electron chi connectivity index (χ3n) is 4.20. The van der Waals surface area contributed by atoms with Crippen molar-refractivity contribution in [1.82, 2.24) is 9.88 Å². The van der Waals surface area contributed by atoms with E-state index >= 15 is 0 Å². The predicted octanol–water partition coefficient (Wildman–Crippen LogP) is 3.47. The van der Waals surface area contributed by atoms with Crippen LogP contribution in [-0.2, 0) is 0 Å². The fourth-order valence-electron chi connectivity index (χ4n) is 3.04. The van der Waals surface area contributed by atoms with E-state index in [0.29, 0.717) is 11.6 Å². The average molecular weight is 327 g/mol. The third-order valence-corrected chi connectivity index (χ3v) is 4.20. The summed E-state index contributed by atoms with van der Waals surface area (Å²) >= 11 is 0. The molecule has 0 spiro atoms. The molecule has 1 aromatic heterocycles. The number of ether oxygens (including phenoxy) is 2. The topological polar surface area (TPSA) is 63.7 Å². The number of hydrogen-bond acceptors (Lipinski definition) is 4. The largest absolute Gasteiger partial charge is 0.497 e. The van der Waals surface area contributed by atoms with Gasteiger partial charge in [0.05, 0.1) is 20.3 Å². The molecule has 0 saturated carbocycles. The molecule has 1 aliphatic rings. The summed E-state index contributed by atoms with van der Waals surface area (Å²) in [5.41, 5.74) is 1.65. The maximum Gasteiger partial charge on any atom is 0.322 e. The predicted molar refractivity (Wildman–Crippen MR) is 91.5 cm³/mol. The molecule has 0 unspecified atom stereocenters. The van der Waals surface area contributed by atoms with E-state index in [0.717, 1.165) is 30.7 Å². The number of benzene rings is 1. The number of rotatable bonds is 4. The minimum atomic E-state index is -0.147. The molecule has 126 valence electrons. The lowest BCUT2D eigenvalue weighted by molar-refractivity contribution is 0.207. The van der Waals surface area contributed by atoms with Gasteiger partial charge in [0.25, 0.3) is 0 Å². The van der Waals surface area contributed by atoms with Crippen LogP contribution in [0.3, 0.4) is 0 Å². The smallest absolute Gasteiger partial charge is 0.322 e. The Morgan fingerprint density at radius 3 is 2.92 bits per heavy atom. The molecular formula is C18H21N3O3. The van der Waals surface area contributed by atoms with Crippen LogP contribution in [0.1, 0.15) is 24.4 Å². The van der Waals surface area contributed by atoms with Crippen LogP contribution < -0.4 is 14.8 Å². The Morgan fingerprint density at radius 2 is 2.12 bits per heavy atom. The Labute approximate surface area is 141 Å². The van der Waals surface area contributed by atoms with Crippen molar-refractivity contribution >= 4 is 11.7 Å². The lowest BCUT2D eigenvalue weighted by Gasteiger charge is -2.25. The zero-order valence-electron chi connectivity index (χ0n) is 13.9. The summed E-state index contributed by atoms with van der Waals surface area (Å²) in [5.74, 6) is 1.21. The number of anilines is 1. The molecule has 1 fully saturated rings. The standard InChI is InChI=1S/C18H21N3O3/c1-23-14-7-3-6-13(12-14)16-9-5-11-21(16)18(22)20-15-8-4-10-19-17(15)24-2/h3-4,6-8,10,12,16H,5,9,11H2,1-2H3,(H,20,22)/t16-/m1/s1. The van der Waals surface area contributed by atoms with Gasteiger partial charge in [-0.3, -0.25) is 0 Å². The zero-order chi connectivity index (χ0) is 16.9. The Morgan fingerprint density at radius 1 is 1.25 bits per heavy atom. The summed E-state index contributed by atoms with van der Waals surface area (Å²) in [5, 5.41) is 2.90. The van der Waals surface area contributed by atoms with Crippen molar-refractivity contribution in [2.24, 2.45) is 0 Å². The molecule has 0 radical (unpaired) electrons.